The molecule has 0 spiro atoms. The third kappa shape index (κ3) is 8.63. The maximum absolute atomic E-state index is 10.4. The minimum absolute atomic E-state index is 0.0577. The van der Waals surface area contributed by atoms with Gasteiger partial charge in [0.15, 0.2) is 5.78 Å². The van der Waals surface area contributed by atoms with E-state index in [1.165, 1.54) is 13.0 Å². The van der Waals surface area contributed by atoms with Crippen LogP contribution in [0.4, 0.5) is 0 Å². The lowest BCUT2D eigenvalue weighted by molar-refractivity contribution is -0.112. The molecular weight excluding hydrogens is 136 g/mol. The molecule has 0 atom stereocenters. The highest BCUT2D eigenvalue weighted by atomic mass is 16.1. The minimum Gasteiger partial charge on any atom is -0.295 e. The van der Waals surface area contributed by atoms with Gasteiger partial charge < -0.3 is 0 Å². The highest BCUT2D eigenvalue weighted by Crippen LogP contribution is 1.81. The summed E-state index contributed by atoms with van der Waals surface area (Å²) in [5, 5.41) is 0. The van der Waals surface area contributed by atoms with Gasteiger partial charge in [-0.1, -0.05) is 43.0 Å². The van der Waals surface area contributed by atoms with Gasteiger partial charge in [0, 0.05) is 0 Å². The fraction of sp³-hybridized carbons (Fsp3) is 0.100. The van der Waals surface area contributed by atoms with Gasteiger partial charge in [-0.25, -0.2) is 0 Å². The molecule has 0 heterocycles. The van der Waals surface area contributed by atoms with Crippen LogP contribution in [0.5, 0.6) is 0 Å². The van der Waals surface area contributed by atoms with Crippen LogP contribution in [0.2, 0.25) is 0 Å². The number of carbonyl (C=O) groups excluding carboxylic acids is 1. The number of allylic oxidation sites excluding steroid dienone is 7. The number of rotatable bonds is 4. The van der Waals surface area contributed by atoms with Gasteiger partial charge in [0.05, 0.1) is 0 Å². The molecule has 0 bridgehead atoms. The lowest BCUT2D eigenvalue weighted by atomic mass is 10.3. The first-order valence-corrected chi connectivity index (χ1v) is 3.40. The van der Waals surface area contributed by atoms with Gasteiger partial charge in [0.25, 0.3) is 0 Å². The summed E-state index contributed by atoms with van der Waals surface area (Å²) in [5.74, 6) is 0.0577. The Morgan fingerprint density at radius 3 is 2.18 bits per heavy atom. The third-order valence-corrected chi connectivity index (χ3v) is 0.911. The highest BCUT2D eigenvalue weighted by molar-refractivity contribution is 5.87. The molecule has 1 heteroatoms. The maximum atomic E-state index is 10.4. The van der Waals surface area contributed by atoms with Gasteiger partial charge in [-0.2, -0.15) is 0 Å². The molecule has 0 saturated heterocycles. The first-order valence-electron chi connectivity index (χ1n) is 3.40. The largest absolute Gasteiger partial charge is 0.295 e. The summed E-state index contributed by atoms with van der Waals surface area (Å²) in [4.78, 5) is 10.4. The minimum atomic E-state index is 0.0577. The van der Waals surface area contributed by atoms with E-state index in [9.17, 15) is 4.79 Å². The van der Waals surface area contributed by atoms with Crippen LogP contribution in [0.25, 0.3) is 0 Å². The maximum Gasteiger partial charge on any atom is 0.152 e. The Morgan fingerprint density at radius 2 is 1.64 bits per heavy atom. The highest BCUT2D eigenvalue weighted by Gasteiger charge is 1.75. The molecule has 0 aliphatic carbocycles. The molecule has 0 amide bonds. The summed E-state index contributed by atoms with van der Waals surface area (Å²) < 4.78 is 0. The molecule has 0 aromatic rings. The van der Waals surface area contributed by atoms with Crippen LogP contribution in [0.15, 0.2) is 49.1 Å². The van der Waals surface area contributed by atoms with Gasteiger partial charge in [0.1, 0.15) is 0 Å². The SMILES string of the molecule is C=CC=CC=CC=CC(C)=O. The standard InChI is InChI=1S/C10H12O/c1-3-4-5-6-7-8-9-10(2)11/h3-9H,1H2,2H3. The Morgan fingerprint density at radius 1 is 1.09 bits per heavy atom. The van der Waals surface area contributed by atoms with Crippen LogP contribution in [0.3, 0.4) is 0 Å². The second-order valence-electron chi connectivity index (χ2n) is 1.98. The van der Waals surface area contributed by atoms with Crippen LogP contribution >= 0.6 is 0 Å². The zero-order valence-electron chi connectivity index (χ0n) is 6.66. The van der Waals surface area contributed by atoms with Crippen molar-refractivity contribution in [3.8, 4) is 0 Å². The molecule has 58 valence electrons. The Kier molecular flexibility index (Phi) is 5.91. The Hall–Kier alpha value is -1.37. The fourth-order valence-electron chi connectivity index (χ4n) is 0.462. The van der Waals surface area contributed by atoms with Gasteiger partial charge >= 0.3 is 0 Å². The fourth-order valence-corrected chi connectivity index (χ4v) is 0.462. The first-order chi connectivity index (χ1) is 5.27. The summed E-state index contributed by atoms with van der Waals surface area (Å²) in [5.41, 5.74) is 0. The van der Waals surface area contributed by atoms with E-state index in [2.05, 4.69) is 6.58 Å². The Bertz CT molecular complexity index is 207. The zero-order chi connectivity index (χ0) is 8.53. The van der Waals surface area contributed by atoms with E-state index in [4.69, 9.17) is 0 Å². The van der Waals surface area contributed by atoms with Gasteiger partial charge in [-0.3, -0.25) is 4.79 Å². The van der Waals surface area contributed by atoms with Crippen molar-refractivity contribution < 1.29 is 4.79 Å². The Labute approximate surface area is 67.4 Å². The van der Waals surface area contributed by atoms with Gasteiger partial charge in [-0.15, -0.1) is 0 Å². The molecule has 0 rings (SSSR count). The number of carbonyl (C=O) groups is 1. The second kappa shape index (κ2) is 6.75. The van der Waals surface area contributed by atoms with Crippen molar-refractivity contribution in [1.82, 2.24) is 0 Å². The second-order valence-corrected chi connectivity index (χ2v) is 1.98. The molecule has 0 radical (unpaired) electrons. The predicted octanol–water partition coefficient (Wildman–Crippen LogP) is 2.43. The topological polar surface area (TPSA) is 17.1 Å². The van der Waals surface area contributed by atoms with Crippen molar-refractivity contribution in [2.75, 3.05) is 0 Å². The molecule has 0 aromatic carbocycles. The van der Waals surface area contributed by atoms with Gasteiger partial charge in [-0.05, 0) is 13.0 Å². The average Bonchev–Trinajstić information content (AvgIpc) is 1.96. The molecular formula is C10H12O. The van der Waals surface area contributed by atoms with Crippen LogP contribution in [0, 0.1) is 0 Å². The zero-order valence-corrected chi connectivity index (χ0v) is 6.66. The first kappa shape index (κ1) is 9.63. The monoisotopic (exact) mass is 148 g/mol. The van der Waals surface area contributed by atoms with Gasteiger partial charge in [0.2, 0.25) is 0 Å². The van der Waals surface area contributed by atoms with Crippen molar-refractivity contribution in [2.45, 2.75) is 6.92 Å². The quantitative estimate of drug-likeness (QED) is 0.442. The number of hydrogen-bond donors (Lipinski definition) is 0. The molecule has 0 aliphatic rings. The molecule has 0 unspecified atom stereocenters. The van der Waals surface area contributed by atoms with E-state index < -0.39 is 0 Å². The van der Waals surface area contributed by atoms with E-state index in [0.29, 0.717) is 0 Å². The average molecular weight is 148 g/mol. The van der Waals surface area contributed by atoms with Crippen molar-refractivity contribution in [3.63, 3.8) is 0 Å². The van der Waals surface area contributed by atoms with E-state index in [0.717, 1.165) is 0 Å². The van der Waals surface area contributed by atoms with E-state index in [1.807, 2.05) is 18.2 Å². The van der Waals surface area contributed by atoms with Crippen LogP contribution in [-0.4, -0.2) is 5.78 Å². The lowest BCUT2D eigenvalue weighted by Gasteiger charge is -1.74. The predicted molar refractivity (Wildman–Crippen MR) is 48.3 cm³/mol. The van der Waals surface area contributed by atoms with E-state index >= 15 is 0 Å². The molecule has 0 aliphatic heterocycles. The van der Waals surface area contributed by atoms with Crippen LogP contribution in [-0.2, 0) is 4.79 Å². The van der Waals surface area contributed by atoms with Crippen LogP contribution < -0.4 is 0 Å². The molecule has 0 fully saturated rings. The summed E-state index contributed by atoms with van der Waals surface area (Å²) in [6.07, 6.45) is 12.2. The molecule has 1 nitrogen and oxygen atoms in total. The lowest BCUT2D eigenvalue weighted by Crippen LogP contribution is -1.77. The van der Waals surface area contributed by atoms with Crippen molar-refractivity contribution in [1.29, 1.82) is 0 Å². The Balaban J connectivity index is 3.68. The molecule has 0 N–H and O–H groups in total. The number of hydrogen-bond acceptors (Lipinski definition) is 1. The summed E-state index contributed by atoms with van der Waals surface area (Å²) >= 11 is 0. The van der Waals surface area contributed by atoms with Crippen LogP contribution in [0.1, 0.15) is 6.92 Å². The van der Waals surface area contributed by atoms with Crippen molar-refractivity contribution >= 4 is 5.78 Å². The molecule has 0 saturated carbocycles. The van der Waals surface area contributed by atoms with Crippen molar-refractivity contribution in [2.24, 2.45) is 0 Å². The normalized spacial score (nSPS) is 11.7. The third-order valence-electron chi connectivity index (χ3n) is 0.911. The molecule has 0 aromatic heterocycles. The summed E-state index contributed by atoms with van der Waals surface area (Å²) in [6, 6.07) is 0. The molecule has 11 heavy (non-hydrogen) atoms. The van der Waals surface area contributed by atoms with Crippen molar-refractivity contribution in [3.05, 3.63) is 49.1 Å². The van der Waals surface area contributed by atoms with E-state index in [1.54, 1.807) is 18.2 Å². The smallest absolute Gasteiger partial charge is 0.152 e. The summed E-state index contributed by atoms with van der Waals surface area (Å²) in [6.45, 7) is 5.03. The van der Waals surface area contributed by atoms with E-state index in [-0.39, 0.29) is 5.78 Å². The summed E-state index contributed by atoms with van der Waals surface area (Å²) in [7, 11) is 0. The number of ketones is 1.